The van der Waals surface area contributed by atoms with Crippen molar-refractivity contribution in [3.8, 4) is 0 Å². The second-order valence-electron chi connectivity index (χ2n) is 0.971. The molecule has 0 aromatic carbocycles. The van der Waals surface area contributed by atoms with Crippen LogP contribution in [0.1, 0.15) is 0 Å². The van der Waals surface area contributed by atoms with Crippen LogP contribution in [-0.2, 0) is 9.68 Å². The average molecular weight is 151 g/mol. The van der Waals surface area contributed by atoms with E-state index in [0.29, 0.717) is 0 Å². The van der Waals surface area contributed by atoms with Crippen LogP contribution in [0.2, 0.25) is 0 Å². The molecule has 8 nitrogen and oxygen atoms in total. The van der Waals surface area contributed by atoms with Crippen LogP contribution in [0, 0.1) is 5.53 Å². The number of hydrogen-bond acceptors (Lipinski definition) is 5. The summed E-state index contributed by atoms with van der Waals surface area (Å²) >= 11 is 0. The van der Waals surface area contributed by atoms with Crippen LogP contribution in [0.5, 0.6) is 0 Å². The van der Waals surface area contributed by atoms with Gasteiger partial charge in [0, 0.05) is 5.53 Å². The Bertz CT molecular complexity index is 157. The fraction of sp³-hybridized carbons (Fsp3) is 0. The molecule has 0 amide bonds. The first-order chi connectivity index (χ1) is 4.52. The van der Waals surface area contributed by atoms with Gasteiger partial charge in [-0.3, -0.25) is 0 Å². The zero-order chi connectivity index (χ0) is 8.15. The Morgan fingerprint density at radius 3 is 1.70 bits per heavy atom. The molecule has 0 saturated carbocycles. The van der Waals surface area contributed by atoms with Crippen LogP contribution in [0.25, 0.3) is 0 Å². The highest BCUT2D eigenvalue weighted by Gasteiger charge is 2.18. The summed E-state index contributed by atoms with van der Waals surface area (Å²) < 4.78 is 0. The molecule has 0 fully saturated rings. The topological polar surface area (TPSA) is 120 Å². The van der Waals surface area contributed by atoms with Gasteiger partial charge in [0.1, 0.15) is 0 Å². The molecular weight excluding hydrogens is 148 g/mol. The minimum Gasteiger partial charge on any atom is -0.445 e. The Labute approximate surface area is 53.6 Å². The smallest absolute Gasteiger partial charge is 0.445 e. The molecule has 0 aromatic rings. The number of nitrogens with one attached hydrogen (secondary N) is 1. The standard InChI is InChI=1S/C2H2N2O6/c3-4(9-1(5)6)10-2(7)8/h3H,(H-,5,6,7,8)/p+1. The van der Waals surface area contributed by atoms with Gasteiger partial charge in [0.05, 0.1) is 0 Å². The third-order valence-corrected chi connectivity index (χ3v) is 0.322. The molecular formula is C2H3N2O6+. The summed E-state index contributed by atoms with van der Waals surface area (Å²) in [7, 11) is 0. The maximum atomic E-state index is 9.53. The van der Waals surface area contributed by atoms with Crippen molar-refractivity contribution in [2.24, 2.45) is 0 Å². The predicted molar refractivity (Wildman–Crippen MR) is 21.2 cm³/mol. The Hall–Kier alpha value is -1.86. The minimum atomic E-state index is -1.84. The molecule has 0 aliphatic carbocycles. The van der Waals surface area contributed by atoms with Crippen LogP contribution in [0.15, 0.2) is 0 Å². The molecule has 0 aliphatic heterocycles. The molecule has 10 heavy (non-hydrogen) atoms. The average Bonchev–Trinajstić information content (AvgIpc) is 1.58. The highest BCUT2D eigenvalue weighted by molar-refractivity contribution is 5.56. The Morgan fingerprint density at radius 1 is 1.20 bits per heavy atom. The first kappa shape index (κ1) is 8.14. The lowest BCUT2D eigenvalue weighted by Gasteiger charge is -1.83. The second-order valence-corrected chi connectivity index (χ2v) is 0.971. The summed E-state index contributed by atoms with van der Waals surface area (Å²) in [6, 6.07) is 0. The molecule has 0 aliphatic rings. The first-order valence-electron chi connectivity index (χ1n) is 1.85. The van der Waals surface area contributed by atoms with Gasteiger partial charge in [0.15, 0.2) is 0 Å². The largest absolute Gasteiger partial charge is 0.578 e. The quantitative estimate of drug-likeness (QED) is 0.384. The van der Waals surface area contributed by atoms with Gasteiger partial charge < -0.3 is 10.2 Å². The number of hydrogen-bond donors (Lipinski definition) is 3. The summed E-state index contributed by atoms with van der Waals surface area (Å²) in [6.45, 7) is 0. The van der Waals surface area contributed by atoms with E-state index in [1.165, 1.54) is 0 Å². The van der Waals surface area contributed by atoms with E-state index in [2.05, 4.69) is 9.68 Å². The summed E-state index contributed by atoms with van der Waals surface area (Å²) in [4.78, 5) is 25.8. The van der Waals surface area contributed by atoms with E-state index in [1.54, 1.807) is 0 Å². The van der Waals surface area contributed by atoms with Crippen LogP contribution in [-0.4, -0.2) is 27.5 Å². The van der Waals surface area contributed by atoms with Crippen LogP contribution >= 0.6 is 0 Å². The van der Waals surface area contributed by atoms with Crippen molar-refractivity contribution in [2.45, 2.75) is 0 Å². The van der Waals surface area contributed by atoms with Crippen molar-refractivity contribution < 1.29 is 34.5 Å². The van der Waals surface area contributed by atoms with Crippen molar-refractivity contribution >= 4 is 12.3 Å². The normalized spacial score (nSPS) is 8.00. The van der Waals surface area contributed by atoms with E-state index in [4.69, 9.17) is 15.7 Å². The number of carbonyl (C=O) groups is 2. The van der Waals surface area contributed by atoms with Gasteiger partial charge >= 0.3 is 17.3 Å². The Kier molecular flexibility index (Phi) is 2.62. The van der Waals surface area contributed by atoms with Crippen molar-refractivity contribution in [2.75, 3.05) is 0 Å². The maximum absolute atomic E-state index is 9.53. The van der Waals surface area contributed by atoms with Gasteiger partial charge in [-0.1, -0.05) is 9.68 Å². The highest BCUT2D eigenvalue weighted by atomic mass is 17.0. The molecule has 56 valence electrons. The molecule has 3 N–H and O–H groups in total. The van der Waals surface area contributed by atoms with Gasteiger partial charge in [0.2, 0.25) is 0 Å². The van der Waals surface area contributed by atoms with E-state index in [1.807, 2.05) is 0 Å². The van der Waals surface area contributed by atoms with Crippen LogP contribution in [0.4, 0.5) is 9.59 Å². The van der Waals surface area contributed by atoms with Crippen molar-refractivity contribution in [1.29, 1.82) is 5.53 Å². The van der Waals surface area contributed by atoms with E-state index >= 15 is 0 Å². The number of rotatable bonds is 2. The Morgan fingerprint density at radius 2 is 1.50 bits per heavy atom. The van der Waals surface area contributed by atoms with Crippen LogP contribution in [0.3, 0.4) is 0 Å². The molecule has 0 rings (SSSR count). The predicted octanol–water partition coefficient (Wildman–Crippen LogP) is 0.249. The number of nitrogens with zero attached hydrogens (tertiary/aromatic N) is 1. The number of carboxylic acid groups (broad SMARTS) is 2. The maximum Gasteiger partial charge on any atom is 0.578 e. The molecule has 0 unspecified atom stereocenters. The highest BCUT2D eigenvalue weighted by Crippen LogP contribution is 1.82. The van der Waals surface area contributed by atoms with Gasteiger partial charge in [0.25, 0.3) is 0 Å². The molecule has 8 heteroatoms. The van der Waals surface area contributed by atoms with Crippen molar-refractivity contribution in [3.63, 3.8) is 0 Å². The summed E-state index contributed by atoms with van der Waals surface area (Å²) in [5.74, 6) is 0. The fourth-order valence-corrected chi connectivity index (χ4v) is 0.160. The van der Waals surface area contributed by atoms with E-state index in [-0.39, 0.29) is 0 Å². The SMILES string of the molecule is N=[N+](OC(=O)O)OC(=O)O. The Balaban J connectivity index is 3.65. The van der Waals surface area contributed by atoms with E-state index in [0.717, 1.165) is 0 Å². The third kappa shape index (κ3) is 4.30. The van der Waals surface area contributed by atoms with E-state index in [9.17, 15) is 9.59 Å². The molecule has 0 atom stereocenters. The minimum absolute atomic E-state index is 0.551. The molecule has 0 spiro atoms. The molecule has 0 aromatic heterocycles. The molecule has 0 heterocycles. The van der Waals surface area contributed by atoms with Crippen LogP contribution < -0.4 is 0 Å². The molecule has 0 bridgehead atoms. The van der Waals surface area contributed by atoms with Gasteiger partial charge in [-0.25, -0.2) is 0 Å². The van der Waals surface area contributed by atoms with Gasteiger partial charge in [-0.2, -0.15) is 9.59 Å². The molecule has 0 radical (unpaired) electrons. The van der Waals surface area contributed by atoms with Crippen molar-refractivity contribution in [3.05, 3.63) is 0 Å². The summed E-state index contributed by atoms with van der Waals surface area (Å²) in [6.07, 6.45) is -3.67. The second kappa shape index (κ2) is 3.22. The lowest BCUT2D eigenvalue weighted by Crippen LogP contribution is -2.17. The zero-order valence-electron chi connectivity index (χ0n) is 4.47. The molecule has 0 saturated heterocycles. The zero-order valence-corrected chi connectivity index (χ0v) is 4.47. The monoisotopic (exact) mass is 151 g/mol. The first-order valence-corrected chi connectivity index (χ1v) is 1.85. The lowest BCUT2D eigenvalue weighted by atomic mass is 11.4. The van der Waals surface area contributed by atoms with Gasteiger partial charge in [-0.05, 0) is 0 Å². The summed E-state index contributed by atoms with van der Waals surface area (Å²) in [5, 5.41) is 14.9. The fourth-order valence-electron chi connectivity index (χ4n) is 0.160. The van der Waals surface area contributed by atoms with E-state index < -0.39 is 17.3 Å². The summed E-state index contributed by atoms with van der Waals surface area (Å²) in [5.41, 5.74) is 6.26. The van der Waals surface area contributed by atoms with Crippen molar-refractivity contribution in [1.82, 2.24) is 0 Å². The lowest BCUT2D eigenvalue weighted by molar-refractivity contribution is -0.987. The van der Waals surface area contributed by atoms with Gasteiger partial charge in [-0.15, -0.1) is 0 Å². The third-order valence-electron chi connectivity index (χ3n) is 0.322.